The summed E-state index contributed by atoms with van der Waals surface area (Å²) in [7, 11) is 0. The van der Waals surface area contributed by atoms with Gasteiger partial charge in [0.1, 0.15) is 0 Å². The van der Waals surface area contributed by atoms with Crippen LogP contribution in [0, 0.1) is 0 Å². The summed E-state index contributed by atoms with van der Waals surface area (Å²) >= 11 is 0. The molecule has 0 heterocycles. The highest BCUT2D eigenvalue weighted by molar-refractivity contribution is 5.98. The van der Waals surface area contributed by atoms with E-state index in [1.54, 1.807) is 24.3 Å². The lowest BCUT2D eigenvalue weighted by Crippen LogP contribution is -2.22. The standard InChI is InChI=1S/C21H19N3O2/c22-21(26)24-18-13-11-17(12-14-18)23-20(25)19(15-7-3-1-4-8-15)16-9-5-2-6-10-16/h1-14,19H,(H,23,25)(H3,22,24,26). The molecule has 3 aromatic carbocycles. The van der Waals surface area contributed by atoms with E-state index in [9.17, 15) is 9.59 Å². The first kappa shape index (κ1) is 17.2. The monoisotopic (exact) mass is 345 g/mol. The number of nitrogens with two attached hydrogens (primary N) is 1. The van der Waals surface area contributed by atoms with Crippen LogP contribution in [-0.2, 0) is 4.79 Å². The van der Waals surface area contributed by atoms with Gasteiger partial charge in [0, 0.05) is 11.4 Å². The second kappa shape index (κ2) is 7.98. The van der Waals surface area contributed by atoms with Crippen LogP contribution >= 0.6 is 0 Å². The van der Waals surface area contributed by atoms with Crippen LogP contribution in [-0.4, -0.2) is 11.9 Å². The lowest BCUT2D eigenvalue weighted by Gasteiger charge is -2.18. The molecule has 0 unspecified atom stereocenters. The molecule has 0 aromatic heterocycles. The number of nitrogens with one attached hydrogen (secondary N) is 2. The molecule has 0 aliphatic carbocycles. The van der Waals surface area contributed by atoms with Crippen LogP contribution in [0.4, 0.5) is 16.2 Å². The van der Waals surface area contributed by atoms with Crippen molar-refractivity contribution in [1.29, 1.82) is 0 Å². The van der Waals surface area contributed by atoms with E-state index >= 15 is 0 Å². The second-order valence-electron chi connectivity index (χ2n) is 5.81. The third-order valence-electron chi connectivity index (χ3n) is 3.95. The smallest absolute Gasteiger partial charge is 0.316 e. The van der Waals surface area contributed by atoms with Crippen molar-refractivity contribution in [2.75, 3.05) is 10.6 Å². The number of primary amides is 1. The number of hydrogen-bond acceptors (Lipinski definition) is 2. The summed E-state index contributed by atoms with van der Waals surface area (Å²) in [6.07, 6.45) is 0. The lowest BCUT2D eigenvalue weighted by atomic mass is 9.90. The molecule has 3 amide bonds. The van der Waals surface area contributed by atoms with E-state index in [0.29, 0.717) is 11.4 Å². The van der Waals surface area contributed by atoms with E-state index in [0.717, 1.165) is 11.1 Å². The number of benzene rings is 3. The van der Waals surface area contributed by atoms with Gasteiger partial charge in [0.2, 0.25) is 5.91 Å². The van der Waals surface area contributed by atoms with Gasteiger partial charge in [-0.25, -0.2) is 4.79 Å². The average molecular weight is 345 g/mol. The molecule has 0 atom stereocenters. The third kappa shape index (κ3) is 4.27. The second-order valence-corrected chi connectivity index (χ2v) is 5.81. The lowest BCUT2D eigenvalue weighted by molar-refractivity contribution is -0.116. The zero-order valence-corrected chi connectivity index (χ0v) is 14.1. The minimum absolute atomic E-state index is 0.127. The molecule has 0 aliphatic heterocycles. The van der Waals surface area contributed by atoms with Gasteiger partial charge in [-0.3, -0.25) is 4.79 Å². The predicted octanol–water partition coefficient (Wildman–Crippen LogP) is 3.95. The molecule has 0 spiro atoms. The van der Waals surface area contributed by atoms with Gasteiger partial charge in [-0.1, -0.05) is 60.7 Å². The highest BCUT2D eigenvalue weighted by atomic mass is 16.2. The molecule has 4 N–H and O–H groups in total. The van der Waals surface area contributed by atoms with Gasteiger partial charge in [0.25, 0.3) is 0 Å². The minimum atomic E-state index is -0.630. The van der Waals surface area contributed by atoms with E-state index in [4.69, 9.17) is 5.73 Å². The maximum atomic E-state index is 13.0. The van der Waals surface area contributed by atoms with E-state index < -0.39 is 11.9 Å². The molecule has 0 saturated heterocycles. The van der Waals surface area contributed by atoms with Crippen LogP contribution < -0.4 is 16.4 Å². The Labute approximate surface area is 151 Å². The topological polar surface area (TPSA) is 84.2 Å². The Hall–Kier alpha value is -3.60. The van der Waals surface area contributed by atoms with Gasteiger partial charge in [-0.05, 0) is 35.4 Å². The molecule has 130 valence electrons. The third-order valence-corrected chi connectivity index (χ3v) is 3.95. The van der Waals surface area contributed by atoms with E-state index in [-0.39, 0.29) is 5.91 Å². The zero-order valence-electron chi connectivity index (χ0n) is 14.1. The Morgan fingerprint density at radius 3 is 1.50 bits per heavy atom. The van der Waals surface area contributed by atoms with Gasteiger partial charge < -0.3 is 16.4 Å². The molecule has 3 rings (SSSR count). The highest BCUT2D eigenvalue weighted by Gasteiger charge is 2.22. The normalized spacial score (nSPS) is 10.3. The SMILES string of the molecule is NC(=O)Nc1ccc(NC(=O)C(c2ccccc2)c2ccccc2)cc1. The van der Waals surface area contributed by atoms with Crippen LogP contribution in [0.5, 0.6) is 0 Å². The van der Waals surface area contributed by atoms with Crippen molar-refractivity contribution in [2.24, 2.45) is 5.73 Å². The summed E-state index contributed by atoms with van der Waals surface area (Å²) in [6.45, 7) is 0. The van der Waals surface area contributed by atoms with Gasteiger partial charge in [-0.15, -0.1) is 0 Å². The first-order valence-electron chi connectivity index (χ1n) is 8.21. The fourth-order valence-electron chi connectivity index (χ4n) is 2.78. The van der Waals surface area contributed by atoms with Crippen LogP contribution in [0.1, 0.15) is 17.0 Å². The number of rotatable bonds is 5. The first-order chi connectivity index (χ1) is 12.6. The largest absolute Gasteiger partial charge is 0.351 e. The Bertz CT molecular complexity index is 839. The number of urea groups is 1. The molecular weight excluding hydrogens is 326 g/mol. The van der Waals surface area contributed by atoms with E-state index in [1.807, 2.05) is 60.7 Å². The molecule has 0 fully saturated rings. The Balaban J connectivity index is 1.83. The highest BCUT2D eigenvalue weighted by Crippen LogP contribution is 2.26. The van der Waals surface area contributed by atoms with Crippen molar-refractivity contribution in [2.45, 2.75) is 5.92 Å². The van der Waals surface area contributed by atoms with Crippen molar-refractivity contribution in [1.82, 2.24) is 0 Å². The Kier molecular flexibility index (Phi) is 5.29. The quantitative estimate of drug-likeness (QED) is 0.654. The fraction of sp³-hybridized carbons (Fsp3) is 0.0476. The van der Waals surface area contributed by atoms with Gasteiger partial charge in [0.15, 0.2) is 0 Å². The fourth-order valence-corrected chi connectivity index (χ4v) is 2.78. The molecule has 3 aromatic rings. The summed E-state index contributed by atoms with van der Waals surface area (Å²) in [6, 6.07) is 25.5. The summed E-state index contributed by atoms with van der Waals surface area (Å²) in [5, 5.41) is 5.42. The number of carbonyl (C=O) groups excluding carboxylic acids is 2. The van der Waals surface area contributed by atoms with Gasteiger partial charge in [0.05, 0.1) is 5.92 Å². The molecule has 0 bridgehead atoms. The summed E-state index contributed by atoms with van der Waals surface area (Å²) in [5.74, 6) is -0.543. The molecule has 0 radical (unpaired) electrons. The first-order valence-corrected chi connectivity index (χ1v) is 8.21. The van der Waals surface area contributed by atoms with Crippen LogP contribution in [0.3, 0.4) is 0 Å². The number of anilines is 2. The van der Waals surface area contributed by atoms with Crippen molar-refractivity contribution < 1.29 is 9.59 Å². The molecule has 26 heavy (non-hydrogen) atoms. The van der Waals surface area contributed by atoms with Crippen molar-refractivity contribution in [3.05, 3.63) is 96.1 Å². The van der Waals surface area contributed by atoms with Crippen LogP contribution in [0.2, 0.25) is 0 Å². The maximum Gasteiger partial charge on any atom is 0.316 e. The Morgan fingerprint density at radius 1 is 0.654 bits per heavy atom. The molecule has 0 saturated carbocycles. The number of amides is 3. The van der Waals surface area contributed by atoms with Gasteiger partial charge >= 0.3 is 6.03 Å². The molecule has 0 aliphatic rings. The van der Waals surface area contributed by atoms with E-state index in [1.165, 1.54) is 0 Å². The minimum Gasteiger partial charge on any atom is -0.351 e. The number of hydrogen-bond donors (Lipinski definition) is 3. The van der Waals surface area contributed by atoms with Gasteiger partial charge in [-0.2, -0.15) is 0 Å². The predicted molar refractivity (Wildman–Crippen MR) is 103 cm³/mol. The van der Waals surface area contributed by atoms with Crippen LogP contribution in [0.15, 0.2) is 84.9 Å². The van der Waals surface area contributed by atoms with E-state index in [2.05, 4.69) is 10.6 Å². The van der Waals surface area contributed by atoms with Crippen molar-refractivity contribution in [3.63, 3.8) is 0 Å². The van der Waals surface area contributed by atoms with Crippen LogP contribution in [0.25, 0.3) is 0 Å². The molecular formula is C21H19N3O2. The maximum absolute atomic E-state index is 13.0. The summed E-state index contributed by atoms with van der Waals surface area (Å²) in [5.41, 5.74) is 8.14. The Morgan fingerprint density at radius 2 is 1.08 bits per heavy atom. The average Bonchev–Trinajstić information content (AvgIpc) is 2.65. The van der Waals surface area contributed by atoms with Crippen molar-refractivity contribution >= 4 is 23.3 Å². The number of carbonyl (C=O) groups is 2. The summed E-state index contributed by atoms with van der Waals surface area (Å²) in [4.78, 5) is 23.9. The zero-order chi connectivity index (χ0) is 18.4. The molecule has 5 nitrogen and oxygen atoms in total. The van der Waals surface area contributed by atoms with Crippen molar-refractivity contribution in [3.8, 4) is 0 Å². The molecule has 5 heteroatoms. The summed E-state index contributed by atoms with van der Waals surface area (Å²) < 4.78 is 0.